The van der Waals surface area contributed by atoms with Crippen LogP contribution in [0.2, 0.25) is 0 Å². The Morgan fingerprint density at radius 2 is 1.44 bits per heavy atom. The molecule has 2 aliphatic rings. The smallest absolute Gasteiger partial charge is 0.335 e. The van der Waals surface area contributed by atoms with E-state index in [1.165, 1.54) is 17.6 Å². The van der Waals surface area contributed by atoms with Gasteiger partial charge in [-0.15, -0.1) is 11.3 Å². The van der Waals surface area contributed by atoms with Gasteiger partial charge in [0.1, 0.15) is 5.00 Å². The Labute approximate surface area is 325 Å². The Morgan fingerprint density at radius 3 is 2.07 bits per heavy atom. The van der Waals surface area contributed by atoms with Crippen molar-refractivity contribution in [2.45, 2.75) is 77.0 Å². The Bertz CT molecular complexity index is 2200. The van der Waals surface area contributed by atoms with Crippen LogP contribution in [-0.2, 0) is 46.7 Å². The van der Waals surface area contributed by atoms with Crippen LogP contribution in [0.15, 0.2) is 83.8 Å². The fraction of sp³-hybridized carbons (Fsp3) is 0.349. The number of hydrogen-bond donors (Lipinski definition) is 4. The summed E-state index contributed by atoms with van der Waals surface area (Å²) in [7, 11) is -3.47. The molecule has 0 bridgehead atoms. The SMILES string of the molecule is CS(=O)(=O)/C(=C\Cc1cccc(C(=O)Nc2sc3c(c2C(=O)Nc2ccc(CCc4ccc(C(=O)O)cc4)cc2)CCCC3)c1)CC1CCC(C(=O)O)CC1. The predicted octanol–water partition coefficient (Wildman–Crippen LogP) is 8.37. The minimum absolute atomic E-state index is 0.111. The van der Waals surface area contributed by atoms with E-state index in [9.17, 15) is 32.7 Å². The second-order valence-electron chi connectivity index (χ2n) is 14.6. The van der Waals surface area contributed by atoms with Gasteiger partial charge in [-0.2, -0.15) is 0 Å². The van der Waals surface area contributed by atoms with Gasteiger partial charge in [-0.1, -0.05) is 42.5 Å². The first-order chi connectivity index (χ1) is 26.3. The number of allylic oxidation sites excluding steroid dienone is 2. The van der Waals surface area contributed by atoms with E-state index in [0.717, 1.165) is 65.7 Å². The molecule has 0 aliphatic heterocycles. The highest BCUT2D eigenvalue weighted by Gasteiger charge is 2.29. The van der Waals surface area contributed by atoms with E-state index in [2.05, 4.69) is 10.6 Å². The van der Waals surface area contributed by atoms with Crippen LogP contribution < -0.4 is 10.6 Å². The van der Waals surface area contributed by atoms with Crippen molar-refractivity contribution in [2.24, 2.45) is 11.8 Å². The van der Waals surface area contributed by atoms with E-state index in [-0.39, 0.29) is 29.2 Å². The van der Waals surface area contributed by atoms with E-state index < -0.39 is 21.8 Å². The molecule has 2 amide bonds. The van der Waals surface area contributed by atoms with Gasteiger partial charge in [0.15, 0.2) is 9.84 Å². The van der Waals surface area contributed by atoms with Gasteiger partial charge >= 0.3 is 11.9 Å². The molecule has 1 saturated carbocycles. The highest BCUT2D eigenvalue weighted by atomic mass is 32.2. The van der Waals surface area contributed by atoms with Gasteiger partial charge in [-0.05, 0) is 142 Å². The first-order valence-electron chi connectivity index (χ1n) is 18.7. The van der Waals surface area contributed by atoms with E-state index in [1.807, 2.05) is 42.5 Å². The molecule has 4 aromatic rings. The molecule has 288 valence electrons. The normalized spacial score (nSPS) is 17.2. The Kier molecular flexibility index (Phi) is 12.7. The number of aromatic carboxylic acids is 1. The molecule has 10 nitrogen and oxygen atoms in total. The molecule has 1 heterocycles. The van der Waals surface area contributed by atoms with Gasteiger partial charge in [0.05, 0.1) is 17.0 Å². The highest BCUT2D eigenvalue weighted by Crippen LogP contribution is 2.39. The van der Waals surface area contributed by atoms with Gasteiger partial charge in [0, 0.05) is 27.3 Å². The molecule has 0 atom stereocenters. The minimum atomic E-state index is -3.47. The van der Waals surface area contributed by atoms with Gasteiger partial charge in [-0.3, -0.25) is 14.4 Å². The fourth-order valence-corrected chi connectivity index (χ4v) is 9.68. The summed E-state index contributed by atoms with van der Waals surface area (Å²) >= 11 is 1.44. The predicted molar refractivity (Wildman–Crippen MR) is 215 cm³/mol. The zero-order chi connectivity index (χ0) is 39.1. The summed E-state index contributed by atoms with van der Waals surface area (Å²) in [5.74, 6) is -2.65. The highest BCUT2D eigenvalue weighted by molar-refractivity contribution is 7.94. The first-order valence-corrected chi connectivity index (χ1v) is 21.4. The van der Waals surface area contributed by atoms with Crippen molar-refractivity contribution in [3.63, 3.8) is 0 Å². The lowest BCUT2D eigenvalue weighted by molar-refractivity contribution is -0.143. The van der Waals surface area contributed by atoms with Crippen molar-refractivity contribution in [3.05, 3.63) is 128 Å². The minimum Gasteiger partial charge on any atom is -0.481 e. The zero-order valence-electron chi connectivity index (χ0n) is 30.8. The largest absolute Gasteiger partial charge is 0.481 e. The van der Waals surface area contributed by atoms with Gasteiger partial charge in [0.2, 0.25) is 0 Å². The Hall–Kier alpha value is -5.07. The number of aliphatic carboxylic acids is 1. The number of carboxylic acid groups (broad SMARTS) is 2. The third-order valence-corrected chi connectivity index (χ3v) is 13.2. The number of benzene rings is 3. The van der Waals surface area contributed by atoms with Crippen LogP contribution in [0.4, 0.5) is 10.7 Å². The number of nitrogens with one attached hydrogen (secondary N) is 2. The van der Waals surface area contributed by atoms with Crippen LogP contribution >= 0.6 is 11.3 Å². The van der Waals surface area contributed by atoms with Crippen molar-refractivity contribution in [1.29, 1.82) is 0 Å². The molecule has 0 spiro atoms. The van der Waals surface area contributed by atoms with Crippen LogP contribution in [0.3, 0.4) is 0 Å². The van der Waals surface area contributed by atoms with Gasteiger partial charge < -0.3 is 20.8 Å². The average molecular weight is 783 g/mol. The zero-order valence-corrected chi connectivity index (χ0v) is 32.4. The summed E-state index contributed by atoms with van der Waals surface area (Å²) in [6.07, 6.45) is 11.1. The number of aryl methyl sites for hydroxylation is 3. The summed E-state index contributed by atoms with van der Waals surface area (Å²) in [5, 5.41) is 25.0. The standard InChI is InChI=1S/C43H46N2O8S2/c1-55(52,53)35(26-30-13-20-32(21-14-30)43(50)51)24-17-29-5-4-6-33(25-29)39(46)45-41-38(36-7-2-3-8-37(36)54-41)40(47)44-34-22-15-28(16-23-34)10-9-27-11-18-31(19-12-27)42(48)49/h4-6,11-12,15-16,18-19,22-25,30,32H,2-3,7-10,13-14,17,20-21,26H2,1H3,(H,44,47)(H,45,46)(H,48,49)(H,50,51)/b35-24-. The summed E-state index contributed by atoms with van der Waals surface area (Å²) in [6.45, 7) is 0. The van der Waals surface area contributed by atoms with Crippen LogP contribution in [0.25, 0.3) is 0 Å². The molecule has 0 unspecified atom stereocenters. The molecule has 2 aliphatic carbocycles. The quantitative estimate of drug-likeness (QED) is 0.0990. The molecule has 0 saturated heterocycles. The van der Waals surface area contributed by atoms with Gasteiger partial charge in [-0.25, -0.2) is 13.2 Å². The number of amides is 2. The maximum atomic E-state index is 13.9. The molecule has 4 N–H and O–H groups in total. The maximum absolute atomic E-state index is 13.9. The van der Waals surface area contributed by atoms with E-state index in [4.69, 9.17) is 5.11 Å². The van der Waals surface area contributed by atoms with E-state index in [1.54, 1.807) is 36.4 Å². The molecule has 12 heteroatoms. The van der Waals surface area contributed by atoms with Crippen molar-refractivity contribution in [1.82, 2.24) is 0 Å². The maximum Gasteiger partial charge on any atom is 0.335 e. The monoisotopic (exact) mass is 782 g/mol. The van der Waals surface area contributed by atoms with E-state index >= 15 is 0 Å². The number of fused-ring (bicyclic) bond motifs is 1. The third-order valence-electron chi connectivity index (χ3n) is 10.7. The van der Waals surface area contributed by atoms with Crippen molar-refractivity contribution in [2.75, 3.05) is 16.9 Å². The number of anilines is 2. The molecule has 0 radical (unpaired) electrons. The number of sulfone groups is 1. The molecule has 1 aromatic heterocycles. The Balaban J connectivity index is 1.11. The topological polar surface area (TPSA) is 167 Å². The van der Waals surface area contributed by atoms with Crippen LogP contribution in [0.1, 0.15) is 103 Å². The van der Waals surface area contributed by atoms with Gasteiger partial charge in [0.25, 0.3) is 11.8 Å². The van der Waals surface area contributed by atoms with Crippen LogP contribution in [0.5, 0.6) is 0 Å². The summed E-state index contributed by atoms with van der Waals surface area (Å²) in [5.41, 5.74) is 5.62. The van der Waals surface area contributed by atoms with E-state index in [0.29, 0.717) is 65.2 Å². The fourth-order valence-electron chi connectivity index (χ4n) is 7.48. The third kappa shape index (κ3) is 10.4. The number of hydrogen-bond acceptors (Lipinski definition) is 7. The Morgan fingerprint density at radius 1 is 0.782 bits per heavy atom. The lowest BCUT2D eigenvalue weighted by Crippen LogP contribution is -2.22. The number of thiophene rings is 1. The van der Waals surface area contributed by atoms with Crippen molar-refractivity contribution >= 4 is 55.6 Å². The lowest BCUT2D eigenvalue weighted by atomic mass is 9.80. The molecular formula is C43H46N2O8S2. The van der Waals surface area contributed by atoms with Crippen molar-refractivity contribution < 1.29 is 37.8 Å². The summed E-state index contributed by atoms with van der Waals surface area (Å²) in [4.78, 5) is 51.4. The molecule has 55 heavy (non-hydrogen) atoms. The second kappa shape index (κ2) is 17.6. The average Bonchev–Trinajstić information content (AvgIpc) is 3.54. The second-order valence-corrected chi connectivity index (χ2v) is 17.8. The van der Waals surface area contributed by atoms with Crippen LogP contribution in [0, 0.1) is 11.8 Å². The lowest BCUT2D eigenvalue weighted by Gasteiger charge is -2.26. The number of carbonyl (C=O) groups is 4. The molecule has 3 aromatic carbocycles. The molecule has 6 rings (SSSR count). The van der Waals surface area contributed by atoms with Crippen LogP contribution in [-0.4, -0.2) is 48.6 Å². The number of rotatable bonds is 14. The summed E-state index contributed by atoms with van der Waals surface area (Å²) < 4.78 is 25.4. The molecular weight excluding hydrogens is 737 g/mol. The first kappa shape index (κ1) is 39.6. The van der Waals surface area contributed by atoms with Crippen molar-refractivity contribution in [3.8, 4) is 0 Å². The summed E-state index contributed by atoms with van der Waals surface area (Å²) in [6, 6.07) is 21.5. The molecule has 1 fully saturated rings. The number of carboxylic acids is 2. The number of carbonyl (C=O) groups excluding carboxylic acids is 2.